The molecule has 19 heavy (non-hydrogen) atoms. The molecule has 8 heteroatoms. The first-order chi connectivity index (χ1) is 8.88. The Morgan fingerprint density at radius 3 is 2.74 bits per heavy atom. The topological polar surface area (TPSA) is 55.0 Å². The Kier molecular flexibility index (Phi) is 3.78. The van der Waals surface area contributed by atoms with E-state index in [0.717, 1.165) is 18.5 Å². The van der Waals surface area contributed by atoms with Crippen LogP contribution in [0.25, 0.3) is 0 Å². The minimum atomic E-state index is -4.45. The van der Waals surface area contributed by atoms with E-state index >= 15 is 0 Å². The summed E-state index contributed by atoms with van der Waals surface area (Å²) in [7, 11) is 0. The smallest absolute Gasteiger partial charge is 0.416 e. The molecular formula is C11H6F3IN2O2. The first-order valence-corrected chi connectivity index (χ1v) is 6.04. The van der Waals surface area contributed by atoms with E-state index in [1.165, 1.54) is 12.1 Å². The van der Waals surface area contributed by atoms with E-state index < -0.39 is 17.3 Å². The molecule has 100 valence electrons. The number of aromatic amines is 1. The predicted octanol–water partition coefficient (Wildman–Crippen LogP) is 3.19. The molecule has 0 amide bonds. The summed E-state index contributed by atoms with van der Waals surface area (Å²) in [6.45, 7) is 0. The van der Waals surface area contributed by atoms with Crippen molar-refractivity contribution >= 4 is 22.6 Å². The van der Waals surface area contributed by atoms with E-state index in [0.29, 0.717) is 0 Å². The molecule has 2 rings (SSSR count). The number of aromatic nitrogens is 2. The molecule has 0 radical (unpaired) electrons. The lowest BCUT2D eigenvalue weighted by Gasteiger charge is -2.09. The van der Waals surface area contributed by atoms with E-state index in [9.17, 15) is 18.0 Å². The summed E-state index contributed by atoms with van der Waals surface area (Å²) in [6.07, 6.45) is -3.33. The molecule has 0 saturated heterocycles. The van der Waals surface area contributed by atoms with Crippen LogP contribution in [-0.2, 0) is 6.18 Å². The molecule has 0 fully saturated rings. The minimum Gasteiger partial charge on any atom is -0.438 e. The molecule has 0 atom stereocenters. The number of rotatable bonds is 2. The first-order valence-electron chi connectivity index (χ1n) is 4.96. The van der Waals surface area contributed by atoms with E-state index in [1.54, 1.807) is 22.6 Å². The highest BCUT2D eigenvalue weighted by Gasteiger charge is 2.30. The van der Waals surface area contributed by atoms with Gasteiger partial charge in [-0.3, -0.25) is 4.79 Å². The van der Waals surface area contributed by atoms with Gasteiger partial charge in [0.15, 0.2) is 0 Å². The summed E-state index contributed by atoms with van der Waals surface area (Å²) in [5.41, 5.74) is -1.25. The third-order valence-corrected chi connectivity index (χ3v) is 3.09. The van der Waals surface area contributed by atoms with Crippen molar-refractivity contribution < 1.29 is 17.9 Å². The number of H-pyrrole nitrogens is 1. The van der Waals surface area contributed by atoms with Crippen LogP contribution in [0, 0.1) is 3.57 Å². The van der Waals surface area contributed by atoms with Crippen LogP contribution in [-0.4, -0.2) is 9.97 Å². The SMILES string of the molecule is O=c1[nH]cnc(Oc2cccc(C(F)(F)F)c2)c1I. The van der Waals surface area contributed by atoms with Crippen LogP contribution in [0.5, 0.6) is 11.6 Å². The zero-order valence-corrected chi connectivity index (χ0v) is 11.3. The van der Waals surface area contributed by atoms with Gasteiger partial charge < -0.3 is 9.72 Å². The largest absolute Gasteiger partial charge is 0.438 e. The molecule has 1 aromatic carbocycles. The highest BCUT2D eigenvalue weighted by Crippen LogP contribution is 2.32. The predicted molar refractivity (Wildman–Crippen MR) is 69.1 cm³/mol. The van der Waals surface area contributed by atoms with Crippen molar-refractivity contribution in [2.45, 2.75) is 6.18 Å². The first kappa shape index (κ1) is 13.8. The normalized spacial score (nSPS) is 11.4. The third kappa shape index (κ3) is 3.25. The number of halogens is 4. The van der Waals surface area contributed by atoms with Crippen molar-refractivity contribution in [3.8, 4) is 11.6 Å². The van der Waals surface area contributed by atoms with Crippen LogP contribution >= 0.6 is 22.6 Å². The monoisotopic (exact) mass is 382 g/mol. The Morgan fingerprint density at radius 2 is 2.05 bits per heavy atom. The molecule has 0 saturated carbocycles. The molecular weight excluding hydrogens is 376 g/mol. The van der Waals surface area contributed by atoms with Crippen molar-refractivity contribution in [2.24, 2.45) is 0 Å². The standard InChI is InChI=1S/C11H6F3IN2O2/c12-11(13,14)6-2-1-3-7(4-6)19-10-8(15)9(18)16-5-17-10/h1-5H,(H,16,17,18). The quantitative estimate of drug-likeness (QED) is 0.812. The maximum absolute atomic E-state index is 12.5. The third-order valence-electron chi connectivity index (χ3n) is 2.14. The molecule has 0 aliphatic carbocycles. The molecule has 0 bridgehead atoms. The summed E-state index contributed by atoms with van der Waals surface area (Å²) in [4.78, 5) is 17.4. The zero-order valence-electron chi connectivity index (χ0n) is 9.16. The maximum atomic E-state index is 12.5. The van der Waals surface area contributed by atoms with Gasteiger partial charge >= 0.3 is 6.18 Å². The lowest BCUT2D eigenvalue weighted by atomic mass is 10.2. The number of alkyl halides is 3. The van der Waals surface area contributed by atoms with Gasteiger partial charge in [0.1, 0.15) is 9.32 Å². The summed E-state index contributed by atoms with van der Waals surface area (Å²) in [6, 6.07) is 4.36. The van der Waals surface area contributed by atoms with Crippen LogP contribution in [0.15, 0.2) is 35.4 Å². The van der Waals surface area contributed by atoms with Gasteiger partial charge in [-0.05, 0) is 40.8 Å². The van der Waals surface area contributed by atoms with Gasteiger partial charge in [-0.1, -0.05) is 6.07 Å². The van der Waals surface area contributed by atoms with Crippen LogP contribution in [0.4, 0.5) is 13.2 Å². The van der Waals surface area contributed by atoms with Crippen molar-refractivity contribution in [1.29, 1.82) is 0 Å². The molecule has 0 spiro atoms. The Morgan fingerprint density at radius 1 is 1.32 bits per heavy atom. The van der Waals surface area contributed by atoms with Gasteiger partial charge in [-0.25, -0.2) is 4.98 Å². The maximum Gasteiger partial charge on any atom is 0.416 e. The Bertz CT molecular complexity index is 655. The number of nitrogens with one attached hydrogen (secondary N) is 1. The molecule has 4 nitrogen and oxygen atoms in total. The highest BCUT2D eigenvalue weighted by atomic mass is 127. The summed E-state index contributed by atoms with van der Waals surface area (Å²) >= 11 is 1.70. The fourth-order valence-electron chi connectivity index (χ4n) is 1.29. The highest BCUT2D eigenvalue weighted by molar-refractivity contribution is 14.1. The van der Waals surface area contributed by atoms with E-state index in [1.807, 2.05) is 0 Å². The van der Waals surface area contributed by atoms with Gasteiger partial charge in [-0.15, -0.1) is 0 Å². The van der Waals surface area contributed by atoms with Gasteiger partial charge in [0, 0.05) is 0 Å². The lowest BCUT2D eigenvalue weighted by Crippen LogP contribution is -2.11. The van der Waals surface area contributed by atoms with Crippen molar-refractivity contribution in [1.82, 2.24) is 9.97 Å². The van der Waals surface area contributed by atoms with Crippen molar-refractivity contribution in [2.75, 3.05) is 0 Å². The van der Waals surface area contributed by atoms with Gasteiger partial charge in [0.05, 0.1) is 11.9 Å². The average Bonchev–Trinajstić information content (AvgIpc) is 2.34. The Labute approximate surface area is 118 Å². The molecule has 0 aliphatic rings. The lowest BCUT2D eigenvalue weighted by molar-refractivity contribution is -0.137. The van der Waals surface area contributed by atoms with Crippen LogP contribution in [0.2, 0.25) is 0 Å². The van der Waals surface area contributed by atoms with Gasteiger partial charge in [0.2, 0.25) is 5.88 Å². The number of ether oxygens (including phenoxy) is 1. The van der Waals surface area contributed by atoms with E-state index in [2.05, 4.69) is 9.97 Å². The number of hydrogen-bond acceptors (Lipinski definition) is 3. The zero-order chi connectivity index (χ0) is 14.0. The Hall–Kier alpha value is -1.58. The van der Waals surface area contributed by atoms with E-state index in [4.69, 9.17) is 4.74 Å². The van der Waals surface area contributed by atoms with Crippen LogP contribution < -0.4 is 10.3 Å². The molecule has 1 heterocycles. The van der Waals surface area contributed by atoms with E-state index in [-0.39, 0.29) is 15.2 Å². The number of hydrogen-bond donors (Lipinski definition) is 1. The molecule has 1 aromatic heterocycles. The molecule has 1 N–H and O–H groups in total. The second-order valence-corrected chi connectivity index (χ2v) is 4.56. The number of nitrogens with zero attached hydrogens (tertiary/aromatic N) is 1. The van der Waals surface area contributed by atoms with Crippen LogP contribution in [0.3, 0.4) is 0 Å². The van der Waals surface area contributed by atoms with Crippen molar-refractivity contribution in [3.63, 3.8) is 0 Å². The van der Waals surface area contributed by atoms with Gasteiger partial charge in [-0.2, -0.15) is 13.2 Å². The second kappa shape index (κ2) is 5.19. The number of benzene rings is 1. The fraction of sp³-hybridized carbons (Fsp3) is 0.0909. The molecule has 0 unspecified atom stereocenters. The van der Waals surface area contributed by atoms with Crippen LogP contribution in [0.1, 0.15) is 5.56 Å². The summed E-state index contributed by atoms with van der Waals surface area (Å²) < 4.78 is 42.9. The van der Waals surface area contributed by atoms with Crippen molar-refractivity contribution in [3.05, 3.63) is 50.1 Å². The summed E-state index contributed by atoms with van der Waals surface area (Å²) in [5, 5.41) is 0. The molecule has 0 aliphatic heterocycles. The Balaban J connectivity index is 2.34. The van der Waals surface area contributed by atoms with Gasteiger partial charge in [0.25, 0.3) is 5.56 Å². The minimum absolute atomic E-state index is 0.0363. The summed E-state index contributed by atoms with van der Waals surface area (Å²) in [5.74, 6) is -0.0745. The molecule has 2 aromatic rings. The second-order valence-electron chi connectivity index (χ2n) is 3.48. The average molecular weight is 382 g/mol. The fourth-order valence-corrected chi connectivity index (χ4v) is 1.69.